The van der Waals surface area contributed by atoms with Crippen LogP contribution in [0.5, 0.6) is 0 Å². The molecule has 110 valence electrons. The van der Waals surface area contributed by atoms with Crippen molar-refractivity contribution >= 4 is 17.1 Å². The van der Waals surface area contributed by atoms with Crippen LogP contribution in [0.25, 0.3) is 0 Å². The fourth-order valence-electron chi connectivity index (χ4n) is 1.24. The highest BCUT2D eigenvalue weighted by molar-refractivity contribution is 5.99. The number of hydrogen-bond donors (Lipinski definition) is 2. The van der Waals surface area contributed by atoms with Gasteiger partial charge in [0, 0.05) is 12.7 Å². The lowest BCUT2D eigenvalue weighted by Crippen LogP contribution is -2.22. The Morgan fingerprint density at radius 2 is 1.80 bits per heavy atom. The van der Waals surface area contributed by atoms with Crippen LogP contribution in [0.4, 0.5) is 33.3 Å². The molecule has 0 saturated heterocycles. The van der Waals surface area contributed by atoms with E-state index < -0.39 is 24.0 Å². The number of nitrogens with one attached hydrogen (secondary N) is 1. The van der Waals surface area contributed by atoms with Gasteiger partial charge in [0.2, 0.25) is 0 Å². The van der Waals surface area contributed by atoms with Crippen molar-refractivity contribution in [1.29, 1.82) is 0 Å². The second kappa shape index (κ2) is 6.36. The molecule has 8 heteroatoms. The SMILES string of the molecule is CNc1ccc(N=C(C=C(N)C(F)(F)F)C(F)F)cc1. The molecule has 0 amide bonds. The highest BCUT2D eigenvalue weighted by atomic mass is 19.4. The summed E-state index contributed by atoms with van der Waals surface area (Å²) in [6.07, 6.45) is -7.90. The number of aliphatic imine (C=N–C) groups is 1. The first-order valence-electron chi connectivity index (χ1n) is 5.43. The standard InChI is InChI=1S/C12H12F5N3/c1-19-7-2-4-8(5-3-7)20-9(11(13)14)6-10(18)12(15,16)17/h2-6,11,19H,18H2,1H3. The normalized spacial score (nSPS) is 13.8. The third kappa shape index (κ3) is 4.52. The van der Waals surface area contributed by atoms with Crippen LogP contribution in [-0.2, 0) is 0 Å². The fourth-order valence-corrected chi connectivity index (χ4v) is 1.24. The maximum atomic E-state index is 12.7. The van der Waals surface area contributed by atoms with E-state index in [4.69, 9.17) is 5.73 Å². The Balaban J connectivity index is 3.10. The van der Waals surface area contributed by atoms with Crippen LogP contribution in [0.3, 0.4) is 0 Å². The molecule has 0 aromatic heterocycles. The molecular weight excluding hydrogens is 281 g/mol. The lowest BCUT2D eigenvalue weighted by molar-refractivity contribution is -0.0925. The Morgan fingerprint density at radius 3 is 2.20 bits per heavy atom. The second-order valence-corrected chi connectivity index (χ2v) is 3.73. The summed E-state index contributed by atoms with van der Waals surface area (Å²) in [4.78, 5) is 3.47. The Hall–Kier alpha value is -2.12. The number of hydrogen-bond acceptors (Lipinski definition) is 3. The van der Waals surface area contributed by atoms with E-state index in [0.29, 0.717) is 5.69 Å². The number of nitrogens with zero attached hydrogens (tertiary/aromatic N) is 1. The summed E-state index contributed by atoms with van der Waals surface area (Å²) in [5.41, 5.74) is 2.85. The van der Waals surface area contributed by atoms with Crippen LogP contribution < -0.4 is 11.1 Å². The Morgan fingerprint density at radius 1 is 1.25 bits per heavy atom. The molecule has 1 aromatic carbocycles. The molecule has 1 aromatic rings. The highest BCUT2D eigenvalue weighted by Gasteiger charge is 2.32. The van der Waals surface area contributed by atoms with Gasteiger partial charge in [-0.2, -0.15) is 13.2 Å². The van der Waals surface area contributed by atoms with Crippen molar-refractivity contribution in [2.75, 3.05) is 12.4 Å². The Labute approximate surface area is 112 Å². The van der Waals surface area contributed by atoms with Crippen molar-refractivity contribution in [3.8, 4) is 0 Å². The van der Waals surface area contributed by atoms with Gasteiger partial charge in [-0.05, 0) is 30.3 Å². The van der Waals surface area contributed by atoms with E-state index >= 15 is 0 Å². The first kappa shape index (κ1) is 15.9. The molecular formula is C12H12F5N3. The molecule has 0 heterocycles. The topological polar surface area (TPSA) is 50.4 Å². The predicted octanol–water partition coefficient (Wildman–Crippen LogP) is 3.47. The van der Waals surface area contributed by atoms with Gasteiger partial charge in [0.05, 0.1) is 5.69 Å². The van der Waals surface area contributed by atoms with Gasteiger partial charge in [0.15, 0.2) is 0 Å². The fraction of sp³-hybridized carbons (Fsp3) is 0.250. The molecule has 0 spiro atoms. The first-order chi connectivity index (χ1) is 9.24. The van der Waals surface area contributed by atoms with Crippen molar-refractivity contribution < 1.29 is 22.0 Å². The molecule has 0 saturated carbocycles. The van der Waals surface area contributed by atoms with E-state index in [0.717, 1.165) is 0 Å². The average molecular weight is 293 g/mol. The summed E-state index contributed by atoms with van der Waals surface area (Å²) in [5, 5.41) is 2.81. The quantitative estimate of drug-likeness (QED) is 0.659. The van der Waals surface area contributed by atoms with E-state index in [2.05, 4.69) is 10.3 Å². The van der Waals surface area contributed by atoms with E-state index in [1.54, 1.807) is 19.2 Å². The van der Waals surface area contributed by atoms with Crippen LogP contribution >= 0.6 is 0 Å². The van der Waals surface area contributed by atoms with Crippen LogP contribution in [0, 0.1) is 0 Å². The minimum atomic E-state index is -4.87. The first-order valence-corrected chi connectivity index (χ1v) is 5.43. The van der Waals surface area contributed by atoms with Gasteiger partial charge in [0.1, 0.15) is 11.4 Å². The molecule has 3 nitrogen and oxygen atoms in total. The maximum absolute atomic E-state index is 12.7. The third-order valence-electron chi connectivity index (χ3n) is 2.27. The minimum Gasteiger partial charge on any atom is -0.395 e. The van der Waals surface area contributed by atoms with Crippen LogP contribution in [0.15, 0.2) is 41.0 Å². The van der Waals surface area contributed by atoms with Crippen LogP contribution in [0.1, 0.15) is 0 Å². The maximum Gasteiger partial charge on any atom is 0.430 e. The summed E-state index contributed by atoms with van der Waals surface area (Å²) >= 11 is 0. The molecule has 0 aliphatic rings. The zero-order valence-electron chi connectivity index (χ0n) is 10.4. The predicted molar refractivity (Wildman–Crippen MR) is 67.4 cm³/mol. The third-order valence-corrected chi connectivity index (χ3v) is 2.27. The minimum absolute atomic E-state index is 0.102. The molecule has 3 N–H and O–H groups in total. The lowest BCUT2D eigenvalue weighted by Gasteiger charge is -2.07. The van der Waals surface area contributed by atoms with E-state index in [1.165, 1.54) is 12.1 Å². The molecule has 0 bridgehead atoms. The number of nitrogens with two attached hydrogens (primary N) is 1. The molecule has 0 unspecified atom stereocenters. The summed E-state index contributed by atoms with van der Waals surface area (Å²) in [7, 11) is 1.66. The molecule has 0 aliphatic carbocycles. The van der Waals surface area contributed by atoms with E-state index in [9.17, 15) is 22.0 Å². The van der Waals surface area contributed by atoms with Crippen LogP contribution in [0.2, 0.25) is 0 Å². The van der Waals surface area contributed by atoms with Gasteiger partial charge >= 0.3 is 6.18 Å². The molecule has 0 radical (unpaired) electrons. The van der Waals surface area contributed by atoms with Crippen LogP contribution in [-0.4, -0.2) is 25.4 Å². The molecule has 20 heavy (non-hydrogen) atoms. The van der Waals surface area contributed by atoms with Crippen molar-refractivity contribution in [2.24, 2.45) is 10.7 Å². The number of rotatable bonds is 4. The van der Waals surface area contributed by atoms with E-state index in [1.807, 2.05) is 0 Å². The lowest BCUT2D eigenvalue weighted by atomic mass is 10.2. The second-order valence-electron chi connectivity index (χ2n) is 3.73. The number of alkyl halides is 5. The number of benzene rings is 1. The van der Waals surface area contributed by atoms with Gasteiger partial charge in [0.25, 0.3) is 6.43 Å². The summed E-state index contributed by atoms with van der Waals surface area (Å²) < 4.78 is 62.0. The van der Waals surface area contributed by atoms with Crippen molar-refractivity contribution in [1.82, 2.24) is 0 Å². The Kier molecular flexibility index (Phi) is 5.06. The zero-order valence-corrected chi connectivity index (χ0v) is 10.4. The average Bonchev–Trinajstić information content (AvgIpc) is 2.37. The monoisotopic (exact) mass is 293 g/mol. The number of anilines is 1. The Bertz CT molecular complexity index is 503. The van der Waals surface area contributed by atoms with Gasteiger partial charge in [-0.3, -0.25) is 0 Å². The molecule has 0 aliphatic heterocycles. The summed E-state index contributed by atoms with van der Waals surface area (Å²) in [6.45, 7) is 0. The van der Waals surface area contributed by atoms with Gasteiger partial charge in [-0.1, -0.05) is 0 Å². The van der Waals surface area contributed by atoms with Crippen molar-refractivity contribution in [3.05, 3.63) is 36.0 Å². The number of halogens is 5. The van der Waals surface area contributed by atoms with Crippen molar-refractivity contribution in [2.45, 2.75) is 12.6 Å². The molecule has 1 rings (SSSR count). The number of allylic oxidation sites excluding steroid dienone is 2. The van der Waals surface area contributed by atoms with Crippen molar-refractivity contribution in [3.63, 3.8) is 0 Å². The highest BCUT2D eigenvalue weighted by Crippen LogP contribution is 2.23. The summed E-state index contributed by atoms with van der Waals surface area (Å²) in [6, 6.07) is 5.90. The largest absolute Gasteiger partial charge is 0.430 e. The van der Waals surface area contributed by atoms with Gasteiger partial charge < -0.3 is 11.1 Å². The van der Waals surface area contributed by atoms with Gasteiger partial charge in [-0.25, -0.2) is 13.8 Å². The summed E-state index contributed by atoms with van der Waals surface area (Å²) in [5.74, 6) is 0. The smallest absolute Gasteiger partial charge is 0.395 e. The van der Waals surface area contributed by atoms with E-state index in [-0.39, 0.29) is 11.8 Å². The zero-order chi connectivity index (χ0) is 15.3. The molecule has 0 atom stereocenters. The van der Waals surface area contributed by atoms with Gasteiger partial charge in [-0.15, -0.1) is 0 Å². The molecule has 0 fully saturated rings.